The van der Waals surface area contributed by atoms with Crippen LogP contribution in [0, 0.1) is 13.8 Å². The van der Waals surface area contributed by atoms with Gasteiger partial charge in [0.1, 0.15) is 0 Å². The molecule has 0 aliphatic rings. The minimum absolute atomic E-state index is 0.696. The minimum atomic E-state index is 0.696. The van der Waals surface area contributed by atoms with Crippen molar-refractivity contribution in [3.8, 4) is 11.1 Å². The summed E-state index contributed by atoms with van der Waals surface area (Å²) in [5.74, 6) is 0. The molecule has 6 aromatic rings. The van der Waals surface area contributed by atoms with Gasteiger partial charge < -0.3 is 9.80 Å². The monoisotopic (exact) mass is 652 g/mol. The molecule has 0 spiro atoms. The van der Waals surface area contributed by atoms with Gasteiger partial charge in [0.05, 0.1) is 0 Å². The lowest BCUT2D eigenvalue weighted by atomic mass is 9.98. The summed E-state index contributed by atoms with van der Waals surface area (Å²) in [6.07, 6.45) is 0. The molecule has 0 aliphatic heterocycles. The Hall–Kier alpha value is -3.92. The minimum Gasteiger partial charge on any atom is -0.310 e. The van der Waals surface area contributed by atoms with Gasteiger partial charge in [-0.3, -0.25) is 0 Å². The van der Waals surface area contributed by atoms with Crippen molar-refractivity contribution in [2.24, 2.45) is 0 Å². The van der Waals surface area contributed by atoms with Gasteiger partial charge in [0.25, 0.3) is 0 Å². The van der Waals surface area contributed by atoms with Crippen molar-refractivity contribution < 1.29 is 0 Å². The number of hydrogen-bond acceptors (Lipinski definition) is 2. The molecule has 44 heavy (non-hydrogen) atoms. The zero-order valence-electron chi connectivity index (χ0n) is 24.1. The van der Waals surface area contributed by atoms with Crippen LogP contribution in [0.4, 0.5) is 34.1 Å². The molecule has 0 amide bonds. The highest BCUT2D eigenvalue weighted by Crippen LogP contribution is 2.41. The molecule has 0 saturated heterocycles. The second kappa shape index (κ2) is 13.0. The van der Waals surface area contributed by atoms with Crippen molar-refractivity contribution in [2.45, 2.75) is 13.8 Å². The maximum Gasteiger partial charge on any atom is 0.0491 e. The van der Waals surface area contributed by atoms with Crippen LogP contribution in [0.3, 0.4) is 0 Å². The molecule has 0 bridgehead atoms. The first-order valence-electron chi connectivity index (χ1n) is 14.1. The van der Waals surface area contributed by atoms with Crippen LogP contribution < -0.4 is 9.80 Å². The van der Waals surface area contributed by atoms with Crippen molar-refractivity contribution in [1.29, 1.82) is 0 Å². The third-order valence-electron chi connectivity index (χ3n) is 7.55. The second-order valence-corrected chi connectivity index (χ2v) is 12.3. The quantitative estimate of drug-likeness (QED) is 0.169. The Morgan fingerprint density at radius 3 is 0.818 bits per heavy atom. The Labute approximate surface area is 278 Å². The van der Waals surface area contributed by atoms with Gasteiger partial charge in [-0.2, -0.15) is 0 Å². The number of halogens is 4. The van der Waals surface area contributed by atoms with Crippen molar-refractivity contribution >= 4 is 80.5 Å². The van der Waals surface area contributed by atoms with E-state index in [1.54, 1.807) is 0 Å². The second-order valence-electron chi connectivity index (χ2n) is 10.6. The third kappa shape index (κ3) is 6.45. The van der Waals surface area contributed by atoms with E-state index in [0.29, 0.717) is 20.1 Å². The Bertz CT molecular complexity index is 1670. The molecule has 6 aromatic carbocycles. The Morgan fingerprint density at radius 2 is 0.591 bits per heavy atom. The first-order chi connectivity index (χ1) is 21.3. The predicted molar refractivity (Wildman–Crippen MR) is 191 cm³/mol. The van der Waals surface area contributed by atoms with E-state index in [9.17, 15) is 0 Å². The highest BCUT2D eigenvalue weighted by molar-refractivity contribution is 6.31. The maximum absolute atomic E-state index is 6.22. The first-order valence-corrected chi connectivity index (χ1v) is 15.6. The fraction of sp³-hybridized carbons (Fsp3) is 0.0526. The maximum atomic E-state index is 6.22. The number of rotatable bonds is 7. The summed E-state index contributed by atoms with van der Waals surface area (Å²) in [7, 11) is 0. The van der Waals surface area contributed by atoms with Crippen LogP contribution in [0.15, 0.2) is 133 Å². The summed E-state index contributed by atoms with van der Waals surface area (Å²) in [5.41, 5.74) is 10.7. The first kappa shape index (κ1) is 30.1. The molecule has 0 N–H and O–H groups in total. The van der Waals surface area contributed by atoms with Gasteiger partial charge in [-0.25, -0.2) is 0 Å². The molecule has 6 heteroatoms. The van der Waals surface area contributed by atoms with Crippen LogP contribution in [0.5, 0.6) is 0 Å². The third-order valence-corrected chi connectivity index (χ3v) is 8.56. The molecule has 0 saturated carbocycles. The lowest BCUT2D eigenvalue weighted by Crippen LogP contribution is -2.11. The van der Waals surface area contributed by atoms with Gasteiger partial charge in [0.2, 0.25) is 0 Å². The molecular weight excluding hydrogens is 626 g/mol. The van der Waals surface area contributed by atoms with E-state index in [4.69, 9.17) is 46.4 Å². The van der Waals surface area contributed by atoms with Gasteiger partial charge in [0.15, 0.2) is 0 Å². The smallest absolute Gasteiger partial charge is 0.0491 e. The SMILES string of the molecule is Cc1cc(-c2ccc(N(c3ccc(Cl)cc3)c3ccc(Cl)cc3)c(C)c2)ccc1N(c1ccc(Cl)cc1)c1ccc(Cl)cc1. The average molecular weight is 654 g/mol. The topological polar surface area (TPSA) is 6.48 Å². The summed E-state index contributed by atoms with van der Waals surface area (Å²) >= 11 is 24.9. The van der Waals surface area contributed by atoms with Crippen LogP contribution in [-0.2, 0) is 0 Å². The van der Waals surface area contributed by atoms with E-state index >= 15 is 0 Å². The molecule has 0 aromatic heterocycles. The molecule has 0 aliphatic carbocycles. The fourth-order valence-electron chi connectivity index (χ4n) is 5.39. The fourth-order valence-corrected chi connectivity index (χ4v) is 5.89. The zero-order valence-corrected chi connectivity index (χ0v) is 27.1. The van der Waals surface area contributed by atoms with Crippen molar-refractivity contribution in [2.75, 3.05) is 9.80 Å². The molecule has 0 heterocycles. The molecule has 0 atom stereocenters. The highest BCUT2D eigenvalue weighted by Gasteiger charge is 2.18. The molecule has 0 fully saturated rings. The number of benzene rings is 6. The van der Waals surface area contributed by atoms with Gasteiger partial charge in [0, 0.05) is 54.2 Å². The number of anilines is 6. The van der Waals surface area contributed by atoms with E-state index in [1.807, 2.05) is 97.1 Å². The van der Waals surface area contributed by atoms with Crippen LogP contribution in [-0.4, -0.2) is 0 Å². The molecule has 0 unspecified atom stereocenters. The number of nitrogens with zero attached hydrogens (tertiary/aromatic N) is 2. The van der Waals surface area contributed by atoms with Crippen molar-refractivity contribution in [3.05, 3.63) is 165 Å². The van der Waals surface area contributed by atoms with E-state index in [0.717, 1.165) is 56.4 Å². The van der Waals surface area contributed by atoms with Crippen LogP contribution >= 0.6 is 46.4 Å². The largest absolute Gasteiger partial charge is 0.310 e. The Kier molecular flexibility index (Phi) is 8.88. The number of hydrogen-bond donors (Lipinski definition) is 0. The molecule has 0 radical (unpaired) electrons. The van der Waals surface area contributed by atoms with E-state index in [1.165, 1.54) is 0 Å². The Balaban J connectivity index is 1.38. The standard InChI is InChI=1S/C38H28Cl4N2/c1-25-23-27(3-21-37(25)43(33-13-5-29(39)6-14-33)34-15-7-30(40)8-16-34)28-4-22-38(26(2)24-28)44(35-17-9-31(41)10-18-35)36-19-11-32(42)12-20-36/h3-24H,1-2H3. The lowest BCUT2D eigenvalue weighted by molar-refractivity contribution is 1.24. The number of aryl methyl sites for hydroxylation is 2. The van der Waals surface area contributed by atoms with Crippen LogP contribution in [0.2, 0.25) is 20.1 Å². The van der Waals surface area contributed by atoms with Gasteiger partial charge in [-0.05, 0) is 157 Å². The summed E-state index contributed by atoms with van der Waals surface area (Å²) in [4.78, 5) is 4.44. The molecule has 6 rings (SSSR count). The van der Waals surface area contributed by atoms with E-state index in [2.05, 4.69) is 60.0 Å². The molecular formula is C38H28Cl4N2. The van der Waals surface area contributed by atoms with Crippen molar-refractivity contribution in [3.63, 3.8) is 0 Å². The predicted octanol–water partition coefficient (Wildman–Crippen LogP) is 13.5. The normalized spacial score (nSPS) is 11.0. The summed E-state index contributed by atoms with van der Waals surface area (Å²) in [6.45, 7) is 4.28. The summed E-state index contributed by atoms with van der Waals surface area (Å²) < 4.78 is 0. The van der Waals surface area contributed by atoms with Crippen LogP contribution in [0.25, 0.3) is 11.1 Å². The summed E-state index contributed by atoms with van der Waals surface area (Å²) in [6, 6.07) is 44.6. The van der Waals surface area contributed by atoms with Gasteiger partial charge >= 0.3 is 0 Å². The van der Waals surface area contributed by atoms with Gasteiger partial charge in [-0.1, -0.05) is 58.5 Å². The lowest BCUT2D eigenvalue weighted by Gasteiger charge is -2.28. The van der Waals surface area contributed by atoms with Crippen LogP contribution in [0.1, 0.15) is 11.1 Å². The van der Waals surface area contributed by atoms with E-state index < -0.39 is 0 Å². The average Bonchev–Trinajstić information content (AvgIpc) is 3.02. The molecule has 2 nitrogen and oxygen atoms in total. The molecule has 218 valence electrons. The van der Waals surface area contributed by atoms with Crippen molar-refractivity contribution in [1.82, 2.24) is 0 Å². The van der Waals surface area contributed by atoms with Gasteiger partial charge in [-0.15, -0.1) is 0 Å². The Morgan fingerprint density at radius 1 is 0.341 bits per heavy atom. The van der Waals surface area contributed by atoms with E-state index in [-0.39, 0.29) is 0 Å². The highest BCUT2D eigenvalue weighted by atomic mass is 35.5. The summed E-state index contributed by atoms with van der Waals surface area (Å²) in [5, 5.41) is 2.78. The zero-order chi connectivity index (χ0) is 30.8.